The number of hydrogen-bond acceptors (Lipinski definition) is 5. The number of nitrogens with zero attached hydrogens (tertiary/aromatic N) is 2. The molecule has 2 heterocycles. The number of imidazole rings is 1. The molecule has 0 spiro atoms. The van der Waals surface area contributed by atoms with Crippen LogP contribution in [0.5, 0.6) is 0 Å². The Bertz CT molecular complexity index is 635. The zero-order valence-corrected chi connectivity index (χ0v) is 9.44. The van der Waals surface area contributed by atoms with Crippen LogP contribution in [-0.4, -0.2) is 26.7 Å². The van der Waals surface area contributed by atoms with Crippen molar-refractivity contribution in [1.29, 1.82) is 0 Å². The Balaban J connectivity index is 2.18. The van der Waals surface area contributed by atoms with Gasteiger partial charge in [-0.25, -0.2) is 4.98 Å². The van der Waals surface area contributed by atoms with Gasteiger partial charge >= 0.3 is 0 Å². The number of rotatable bonds is 1. The average Bonchev–Trinajstić information content (AvgIpc) is 2.67. The lowest BCUT2D eigenvalue weighted by Crippen LogP contribution is -2.38. The Morgan fingerprint density at radius 3 is 3.00 bits per heavy atom. The molecule has 1 aliphatic rings. The van der Waals surface area contributed by atoms with Crippen LogP contribution < -0.4 is 5.11 Å². The Morgan fingerprint density at radius 1 is 1.47 bits per heavy atom. The molecule has 2 aromatic rings. The van der Waals surface area contributed by atoms with Gasteiger partial charge in [-0.15, -0.1) is 0 Å². The van der Waals surface area contributed by atoms with Crippen molar-refractivity contribution in [2.45, 2.75) is 16.8 Å². The maximum atomic E-state index is 11.9. The van der Waals surface area contributed by atoms with E-state index in [4.69, 9.17) is 0 Å². The Kier molecular flexibility index (Phi) is 2.19. The van der Waals surface area contributed by atoms with Gasteiger partial charge in [0.25, 0.3) is 0 Å². The summed E-state index contributed by atoms with van der Waals surface area (Å²) in [4.78, 5) is 26.9. The largest absolute Gasteiger partial charge is 0.549 e. The first-order valence-corrected chi connectivity index (χ1v) is 5.93. The molecule has 0 N–H and O–H groups in total. The number of carboxylic acids is 1. The molecule has 1 aromatic heterocycles. The summed E-state index contributed by atoms with van der Waals surface area (Å²) in [6.45, 7) is 0. The Labute approximate surface area is 100 Å². The third-order valence-electron chi connectivity index (χ3n) is 2.65. The van der Waals surface area contributed by atoms with E-state index in [1.165, 1.54) is 4.57 Å². The molecule has 6 heteroatoms. The molecule has 0 unspecified atom stereocenters. The smallest absolute Gasteiger partial charge is 0.234 e. The number of para-hydroxylation sites is 2. The quantitative estimate of drug-likeness (QED) is 0.724. The van der Waals surface area contributed by atoms with Crippen LogP contribution in [0.4, 0.5) is 0 Å². The fraction of sp³-hybridized carbons (Fsp3) is 0.182. The van der Waals surface area contributed by atoms with Crippen LogP contribution in [0.25, 0.3) is 11.0 Å². The third-order valence-corrected chi connectivity index (χ3v) is 3.78. The van der Waals surface area contributed by atoms with Crippen molar-refractivity contribution in [3.8, 4) is 0 Å². The van der Waals surface area contributed by atoms with Crippen molar-refractivity contribution in [3.63, 3.8) is 0 Å². The fourth-order valence-corrected chi connectivity index (χ4v) is 2.91. The van der Waals surface area contributed by atoms with Crippen molar-refractivity contribution in [2.24, 2.45) is 0 Å². The van der Waals surface area contributed by atoms with E-state index in [0.717, 1.165) is 17.3 Å². The minimum atomic E-state index is -1.22. The van der Waals surface area contributed by atoms with Crippen LogP contribution in [0, 0.1) is 0 Å². The molecule has 86 valence electrons. The fourth-order valence-electron chi connectivity index (χ4n) is 1.87. The van der Waals surface area contributed by atoms with Crippen molar-refractivity contribution in [1.82, 2.24) is 9.55 Å². The molecular formula is C11H7N2O3S-. The van der Waals surface area contributed by atoms with Gasteiger partial charge in [0.15, 0.2) is 5.16 Å². The van der Waals surface area contributed by atoms with Gasteiger partial charge in [0, 0.05) is 6.42 Å². The van der Waals surface area contributed by atoms with Crippen molar-refractivity contribution in [2.75, 3.05) is 0 Å². The van der Waals surface area contributed by atoms with E-state index >= 15 is 0 Å². The Hall–Kier alpha value is -1.82. The summed E-state index contributed by atoms with van der Waals surface area (Å²) in [6.07, 6.45) is -0.0552. The number of aliphatic carboxylic acids is 1. The number of fused-ring (bicyclic) bond motifs is 3. The lowest BCUT2D eigenvalue weighted by molar-refractivity contribution is -0.304. The predicted octanol–water partition coefficient (Wildman–Crippen LogP) is 0.291. The summed E-state index contributed by atoms with van der Waals surface area (Å²) in [6, 6.07) is 7.24. The molecule has 17 heavy (non-hydrogen) atoms. The average molecular weight is 247 g/mol. The summed E-state index contributed by atoms with van der Waals surface area (Å²) in [7, 11) is 0. The Morgan fingerprint density at radius 2 is 2.24 bits per heavy atom. The topological polar surface area (TPSA) is 75.0 Å². The highest BCUT2D eigenvalue weighted by Crippen LogP contribution is 2.33. The van der Waals surface area contributed by atoms with Gasteiger partial charge in [-0.3, -0.25) is 9.36 Å². The summed E-state index contributed by atoms with van der Waals surface area (Å²) < 4.78 is 1.47. The van der Waals surface area contributed by atoms with E-state index in [2.05, 4.69) is 4.98 Å². The predicted molar refractivity (Wildman–Crippen MR) is 59.6 cm³/mol. The van der Waals surface area contributed by atoms with Gasteiger partial charge in [-0.1, -0.05) is 23.9 Å². The van der Waals surface area contributed by atoms with E-state index in [-0.39, 0.29) is 12.3 Å². The molecular weight excluding hydrogens is 240 g/mol. The van der Waals surface area contributed by atoms with Crippen LogP contribution >= 0.6 is 11.8 Å². The molecule has 1 aromatic carbocycles. The molecule has 0 amide bonds. The monoisotopic (exact) mass is 247 g/mol. The van der Waals surface area contributed by atoms with Crippen molar-refractivity contribution in [3.05, 3.63) is 24.3 Å². The highest BCUT2D eigenvalue weighted by atomic mass is 32.2. The highest BCUT2D eigenvalue weighted by Gasteiger charge is 2.29. The van der Waals surface area contributed by atoms with Crippen LogP contribution in [0.15, 0.2) is 29.4 Å². The van der Waals surface area contributed by atoms with Gasteiger partial charge in [0.1, 0.15) is 0 Å². The lowest BCUT2D eigenvalue weighted by atomic mass is 10.2. The molecule has 1 aliphatic heterocycles. The second-order valence-corrected chi connectivity index (χ2v) is 4.91. The maximum Gasteiger partial charge on any atom is 0.234 e. The first-order valence-electron chi connectivity index (χ1n) is 5.05. The first-order chi connectivity index (χ1) is 8.16. The summed E-state index contributed by atoms with van der Waals surface area (Å²) in [5, 5.41) is 10.4. The molecule has 0 radical (unpaired) electrons. The van der Waals surface area contributed by atoms with Crippen LogP contribution in [-0.2, 0) is 4.79 Å². The third kappa shape index (κ3) is 1.52. The SMILES string of the molecule is O=C([O-])[C@@H]1CC(=O)n2c(nc3ccccc32)S1. The number of carbonyl (C=O) groups is 2. The minimum Gasteiger partial charge on any atom is -0.549 e. The van der Waals surface area contributed by atoms with Gasteiger partial charge < -0.3 is 9.90 Å². The number of carbonyl (C=O) groups excluding carboxylic acids is 2. The minimum absolute atomic E-state index is 0.0552. The second kappa shape index (κ2) is 3.59. The number of carboxylic acid groups (broad SMARTS) is 1. The van der Waals surface area contributed by atoms with E-state index in [0.29, 0.717) is 10.7 Å². The molecule has 0 aliphatic carbocycles. The summed E-state index contributed by atoms with van der Waals surface area (Å²) in [5.41, 5.74) is 1.42. The maximum absolute atomic E-state index is 11.9. The van der Waals surface area contributed by atoms with Gasteiger partial charge in [-0.2, -0.15) is 0 Å². The number of benzene rings is 1. The van der Waals surface area contributed by atoms with Gasteiger partial charge in [-0.05, 0) is 12.1 Å². The first kappa shape index (κ1) is 10.3. The standard InChI is InChI=1S/C11H8N2O3S/c14-9-5-8(10(15)16)17-11-12-6-3-1-2-4-7(6)13(9)11/h1-4,8H,5H2,(H,15,16)/p-1/t8-/m0/s1. The zero-order valence-electron chi connectivity index (χ0n) is 8.62. The number of thioether (sulfide) groups is 1. The van der Waals surface area contributed by atoms with E-state index in [1.807, 2.05) is 12.1 Å². The van der Waals surface area contributed by atoms with E-state index in [9.17, 15) is 14.7 Å². The molecule has 1 atom stereocenters. The lowest BCUT2D eigenvalue weighted by Gasteiger charge is -2.22. The normalized spacial score (nSPS) is 19.3. The summed E-state index contributed by atoms with van der Waals surface area (Å²) in [5.74, 6) is -1.47. The molecule has 5 nitrogen and oxygen atoms in total. The zero-order chi connectivity index (χ0) is 12.0. The van der Waals surface area contributed by atoms with Crippen LogP contribution in [0.1, 0.15) is 11.2 Å². The van der Waals surface area contributed by atoms with Crippen molar-refractivity contribution >= 4 is 34.7 Å². The second-order valence-electron chi connectivity index (χ2n) is 3.74. The number of hydrogen-bond donors (Lipinski definition) is 0. The number of aromatic nitrogens is 2. The van der Waals surface area contributed by atoms with E-state index < -0.39 is 11.2 Å². The van der Waals surface area contributed by atoms with Crippen LogP contribution in [0.3, 0.4) is 0 Å². The molecule has 0 saturated heterocycles. The van der Waals surface area contributed by atoms with Gasteiger partial charge in [0.05, 0.1) is 22.3 Å². The van der Waals surface area contributed by atoms with Crippen LogP contribution in [0.2, 0.25) is 0 Å². The molecule has 0 bridgehead atoms. The van der Waals surface area contributed by atoms with Gasteiger partial charge in [0.2, 0.25) is 5.91 Å². The molecule has 0 saturated carbocycles. The molecule has 0 fully saturated rings. The highest BCUT2D eigenvalue weighted by molar-refractivity contribution is 8.00. The van der Waals surface area contributed by atoms with Crippen molar-refractivity contribution < 1.29 is 14.7 Å². The summed E-state index contributed by atoms with van der Waals surface area (Å²) >= 11 is 1.06. The molecule has 3 rings (SSSR count). The van der Waals surface area contributed by atoms with E-state index in [1.54, 1.807) is 12.1 Å².